The van der Waals surface area contributed by atoms with Crippen molar-refractivity contribution >= 4 is 5.91 Å². The minimum absolute atomic E-state index is 0.0285. The van der Waals surface area contributed by atoms with Gasteiger partial charge in [0.05, 0.1) is 45.1 Å². The number of aliphatic hydroxyl groups is 1. The van der Waals surface area contributed by atoms with E-state index >= 15 is 0 Å². The molecule has 0 bridgehead atoms. The van der Waals surface area contributed by atoms with E-state index in [1.807, 2.05) is 16.7 Å². The van der Waals surface area contributed by atoms with Crippen LogP contribution in [0, 0.1) is 0 Å². The van der Waals surface area contributed by atoms with E-state index in [-0.39, 0.29) is 24.6 Å². The Morgan fingerprint density at radius 1 is 1.28 bits per heavy atom. The molecule has 0 spiro atoms. The quantitative estimate of drug-likeness (QED) is 0.698. The molecule has 2 atom stereocenters. The van der Waals surface area contributed by atoms with Crippen molar-refractivity contribution in [1.29, 1.82) is 0 Å². The second-order valence-electron chi connectivity index (χ2n) is 4.76. The number of amides is 1. The molecule has 0 radical (unpaired) electrons. The molecule has 0 saturated carbocycles. The molecule has 2 fully saturated rings. The summed E-state index contributed by atoms with van der Waals surface area (Å²) in [5, 5.41) is 9.34. The van der Waals surface area contributed by atoms with Gasteiger partial charge in [-0.3, -0.25) is 9.69 Å². The molecule has 6 heteroatoms. The number of morpholine rings is 2. The van der Waals surface area contributed by atoms with Crippen molar-refractivity contribution in [3.05, 3.63) is 0 Å². The van der Waals surface area contributed by atoms with Gasteiger partial charge in [0.25, 0.3) is 0 Å². The van der Waals surface area contributed by atoms with Crippen LogP contribution < -0.4 is 0 Å². The normalized spacial score (nSPS) is 28.1. The Morgan fingerprint density at radius 2 is 1.94 bits per heavy atom. The van der Waals surface area contributed by atoms with Gasteiger partial charge in [0.15, 0.2) is 0 Å². The lowest BCUT2D eigenvalue weighted by Gasteiger charge is -2.40. The van der Waals surface area contributed by atoms with Crippen LogP contribution in [0.2, 0.25) is 0 Å². The van der Waals surface area contributed by atoms with Crippen LogP contribution in [-0.4, -0.2) is 85.6 Å². The first-order chi connectivity index (χ1) is 8.74. The first-order valence-corrected chi connectivity index (χ1v) is 6.55. The lowest BCUT2D eigenvalue weighted by atomic mass is 10.1. The fraction of sp³-hybridized carbons (Fsp3) is 0.917. The lowest BCUT2D eigenvalue weighted by Crippen LogP contribution is -2.57. The van der Waals surface area contributed by atoms with Gasteiger partial charge in [-0.05, 0) is 6.92 Å². The van der Waals surface area contributed by atoms with Crippen molar-refractivity contribution in [3.63, 3.8) is 0 Å². The third-order valence-electron chi connectivity index (χ3n) is 3.66. The molecule has 104 valence electrons. The van der Waals surface area contributed by atoms with Gasteiger partial charge in [-0.2, -0.15) is 0 Å². The Hall–Kier alpha value is -0.690. The highest BCUT2D eigenvalue weighted by atomic mass is 16.5. The molecule has 0 aliphatic carbocycles. The van der Waals surface area contributed by atoms with Crippen LogP contribution in [0.5, 0.6) is 0 Å². The summed E-state index contributed by atoms with van der Waals surface area (Å²) in [6.07, 6.45) is 0. The molecule has 1 amide bonds. The van der Waals surface area contributed by atoms with Gasteiger partial charge in [-0.15, -0.1) is 0 Å². The Bertz CT molecular complexity index is 281. The topological polar surface area (TPSA) is 62.2 Å². The van der Waals surface area contributed by atoms with Crippen LogP contribution in [0.4, 0.5) is 0 Å². The van der Waals surface area contributed by atoms with Gasteiger partial charge in [0, 0.05) is 19.6 Å². The van der Waals surface area contributed by atoms with Gasteiger partial charge >= 0.3 is 0 Å². The maximum absolute atomic E-state index is 12.4. The zero-order chi connectivity index (χ0) is 13.0. The number of carbonyl (C=O) groups is 1. The Kier molecular flexibility index (Phi) is 4.94. The Balaban J connectivity index is 1.95. The van der Waals surface area contributed by atoms with E-state index in [0.29, 0.717) is 46.1 Å². The van der Waals surface area contributed by atoms with Crippen LogP contribution in [-0.2, 0) is 14.3 Å². The van der Waals surface area contributed by atoms with Crippen molar-refractivity contribution < 1.29 is 19.4 Å². The number of hydrogen-bond acceptors (Lipinski definition) is 5. The molecule has 2 heterocycles. The van der Waals surface area contributed by atoms with Crippen LogP contribution in [0.3, 0.4) is 0 Å². The Morgan fingerprint density at radius 3 is 2.61 bits per heavy atom. The van der Waals surface area contributed by atoms with E-state index in [0.717, 1.165) is 0 Å². The molecule has 2 rings (SSSR count). The monoisotopic (exact) mass is 258 g/mol. The minimum Gasteiger partial charge on any atom is -0.395 e. The van der Waals surface area contributed by atoms with Crippen LogP contribution in [0.1, 0.15) is 6.92 Å². The van der Waals surface area contributed by atoms with Crippen molar-refractivity contribution in [2.24, 2.45) is 0 Å². The molecule has 6 nitrogen and oxygen atoms in total. The first kappa shape index (κ1) is 13.7. The van der Waals surface area contributed by atoms with Crippen molar-refractivity contribution in [2.75, 3.05) is 52.7 Å². The molecular weight excluding hydrogens is 236 g/mol. The average Bonchev–Trinajstić information content (AvgIpc) is 2.46. The summed E-state index contributed by atoms with van der Waals surface area (Å²) in [6.45, 7) is 6.31. The summed E-state index contributed by atoms with van der Waals surface area (Å²) < 4.78 is 10.6. The fourth-order valence-corrected chi connectivity index (χ4v) is 2.52. The lowest BCUT2D eigenvalue weighted by molar-refractivity contribution is -0.145. The summed E-state index contributed by atoms with van der Waals surface area (Å²) in [6, 6.07) is -0.275. The summed E-state index contributed by atoms with van der Waals surface area (Å²) in [4.78, 5) is 16.3. The maximum Gasteiger partial charge on any atom is 0.239 e. The third-order valence-corrected chi connectivity index (χ3v) is 3.66. The molecule has 2 saturated heterocycles. The summed E-state index contributed by atoms with van der Waals surface area (Å²) in [5.41, 5.74) is 0. The van der Waals surface area contributed by atoms with Gasteiger partial charge in [-0.25, -0.2) is 0 Å². The molecule has 0 aromatic rings. The van der Waals surface area contributed by atoms with E-state index in [4.69, 9.17) is 9.47 Å². The highest BCUT2D eigenvalue weighted by Crippen LogP contribution is 2.13. The third kappa shape index (κ3) is 3.00. The molecular formula is C12H22N2O4. The zero-order valence-electron chi connectivity index (χ0n) is 10.9. The summed E-state index contributed by atoms with van der Waals surface area (Å²) in [7, 11) is 0. The number of carbonyl (C=O) groups excluding carboxylic acids is 1. The SMILES string of the molecule is CC(C(=O)N1CCOCC1)N1CCOCC1CO. The fourth-order valence-electron chi connectivity index (χ4n) is 2.52. The predicted molar refractivity (Wildman–Crippen MR) is 65.3 cm³/mol. The van der Waals surface area contributed by atoms with Crippen molar-refractivity contribution in [2.45, 2.75) is 19.0 Å². The smallest absolute Gasteiger partial charge is 0.239 e. The second-order valence-corrected chi connectivity index (χ2v) is 4.76. The molecule has 18 heavy (non-hydrogen) atoms. The van der Waals surface area contributed by atoms with E-state index in [1.165, 1.54) is 0 Å². The molecule has 0 aromatic carbocycles. The average molecular weight is 258 g/mol. The highest BCUT2D eigenvalue weighted by molar-refractivity contribution is 5.81. The maximum atomic E-state index is 12.4. The highest BCUT2D eigenvalue weighted by Gasteiger charge is 2.33. The van der Waals surface area contributed by atoms with Gasteiger partial charge in [-0.1, -0.05) is 0 Å². The number of aliphatic hydroxyl groups excluding tert-OH is 1. The molecule has 2 aliphatic heterocycles. The van der Waals surface area contributed by atoms with E-state index in [9.17, 15) is 9.90 Å². The molecule has 2 unspecified atom stereocenters. The van der Waals surface area contributed by atoms with Gasteiger partial charge in [0.1, 0.15) is 0 Å². The number of hydrogen-bond donors (Lipinski definition) is 1. The van der Waals surface area contributed by atoms with E-state index < -0.39 is 0 Å². The van der Waals surface area contributed by atoms with E-state index in [1.54, 1.807) is 0 Å². The van der Waals surface area contributed by atoms with Gasteiger partial charge < -0.3 is 19.5 Å². The van der Waals surface area contributed by atoms with Crippen LogP contribution in [0.15, 0.2) is 0 Å². The molecule has 0 aromatic heterocycles. The number of nitrogens with zero attached hydrogens (tertiary/aromatic N) is 2. The Labute approximate surface area is 107 Å². The first-order valence-electron chi connectivity index (χ1n) is 6.55. The van der Waals surface area contributed by atoms with Gasteiger partial charge in [0.2, 0.25) is 5.91 Å². The standard InChI is InChI=1S/C12H22N2O4/c1-10(12(16)13-2-5-17-6-3-13)14-4-7-18-9-11(14)8-15/h10-11,15H,2-9H2,1H3. The summed E-state index contributed by atoms with van der Waals surface area (Å²) >= 11 is 0. The minimum atomic E-state index is -0.204. The largest absolute Gasteiger partial charge is 0.395 e. The summed E-state index contributed by atoms with van der Waals surface area (Å²) in [5.74, 6) is 0.124. The predicted octanol–water partition coefficient (Wildman–Crippen LogP) is -1.07. The van der Waals surface area contributed by atoms with Crippen molar-refractivity contribution in [1.82, 2.24) is 9.80 Å². The zero-order valence-corrected chi connectivity index (χ0v) is 10.9. The molecule has 1 N–H and O–H groups in total. The second kappa shape index (κ2) is 6.47. The molecule has 2 aliphatic rings. The van der Waals surface area contributed by atoms with Crippen LogP contribution in [0.25, 0.3) is 0 Å². The number of rotatable bonds is 3. The number of ether oxygens (including phenoxy) is 2. The van der Waals surface area contributed by atoms with Crippen LogP contribution >= 0.6 is 0 Å². The van der Waals surface area contributed by atoms with E-state index in [2.05, 4.69) is 0 Å². The van der Waals surface area contributed by atoms with Crippen molar-refractivity contribution in [3.8, 4) is 0 Å².